The first-order chi connectivity index (χ1) is 6.77. The van der Waals surface area contributed by atoms with E-state index >= 15 is 0 Å². The van der Waals surface area contributed by atoms with Crippen molar-refractivity contribution < 1.29 is 5.11 Å². The molecule has 0 heterocycles. The zero-order valence-corrected chi connectivity index (χ0v) is 7.80. The Morgan fingerprint density at radius 2 is 2.00 bits per heavy atom. The zero-order valence-electron chi connectivity index (χ0n) is 7.80. The van der Waals surface area contributed by atoms with Crippen molar-refractivity contribution in [2.45, 2.75) is 6.42 Å². The van der Waals surface area contributed by atoms with Crippen molar-refractivity contribution in [2.75, 3.05) is 11.6 Å². The van der Waals surface area contributed by atoms with E-state index in [9.17, 15) is 0 Å². The molecular weight excluding hydrogens is 180 g/mol. The van der Waals surface area contributed by atoms with Crippen LogP contribution in [0.1, 0.15) is 5.56 Å². The third kappa shape index (κ3) is 2.72. The lowest BCUT2D eigenvalue weighted by Gasteiger charge is -2.12. The molecule has 0 spiro atoms. The van der Waals surface area contributed by atoms with Gasteiger partial charge in [-0.2, -0.15) is 5.10 Å². The summed E-state index contributed by atoms with van der Waals surface area (Å²) in [6.45, 7) is 0.149. The molecule has 0 atom stereocenters. The molecule has 0 aliphatic rings. The van der Waals surface area contributed by atoms with Crippen LogP contribution in [-0.4, -0.2) is 18.1 Å². The van der Waals surface area contributed by atoms with Gasteiger partial charge in [-0.15, -0.1) is 0 Å². The molecule has 1 aromatic rings. The quantitative estimate of drug-likeness (QED) is 0.268. The molecule has 5 N–H and O–H groups in total. The Bertz CT molecular complexity index is 296. The Hall–Kier alpha value is -1.59. The molecule has 0 saturated carbocycles. The maximum Gasteiger partial charge on any atom is 0.129 e. The number of hydrazone groups is 1. The molecule has 0 aromatic heterocycles. The van der Waals surface area contributed by atoms with Crippen LogP contribution in [0.2, 0.25) is 0 Å². The van der Waals surface area contributed by atoms with Crippen LogP contribution in [-0.2, 0) is 6.42 Å². The lowest BCUT2D eigenvalue weighted by atomic mass is 10.1. The number of rotatable bonds is 4. The van der Waals surface area contributed by atoms with E-state index in [0.717, 1.165) is 11.3 Å². The molecular formula is C9H14N4O. The number of aliphatic hydroxyl groups is 1. The summed E-state index contributed by atoms with van der Waals surface area (Å²) in [6.07, 6.45) is 1.97. The first kappa shape index (κ1) is 10.5. The molecule has 5 heteroatoms. The maximum absolute atomic E-state index is 8.71. The van der Waals surface area contributed by atoms with E-state index in [-0.39, 0.29) is 6.61 Å². The second kappa shape index (κ2) is 5.21. The van der Waals surface area contributed by atoms with Gasteiger partial charge in [-0.05, 0) is 24.1 Å². The topological polar surface area (TPSA) is 87.9 Å². The largest absolute Gasteiger partial charge is 0.396 e. The first-order valence-electron chi connectivity index (χ1n) is 4.25. The number of anilines is 1. The minimum absolute atomic E-state index is 0.149. The number of hydrogen-bond acceptors (Lipinski definition) is 4. The molecule has 1 aromatic carbocycles. The Balaban J connectivity index is 2.72. The van der Waals surface area contributed by atoms with Crippen LogP contribution < -0.4 is 16.7 Å². The summed E-state index contributed by atoms with van der Waals surface area (Å²) >= 11 is 0. The molecule has 0 bridgehead atoms. The van der Waals surface area contributed by atoms with E-state index < -0.39 is 0 Å². The maximum atomic E-state index is 8.71. The van der Waals surface area contributed by atoms with Gasteiger partial charge in [-0.1, -0.05) is 12.1 Å². The summed E-state index contributed by atoms with van der Waals surface area (Å²) in [6, 6.07) is 7.48. The van der Waals surface area contributed by atoms with E-state index in [1.165, 1.54) is 11.3 Å². The molecule has 0 fully saturated rings. The molecule has 5 nitrogen and oxygen atoms in total. The van der Waals surface area contributed by atoms with Crippen LogP contribution in [0.5, 0.6) is 0 Å². The van der Waals surface area contributed by atoms with Crippen molar-refractivity contribution in [3.63, 3.8) is 0 Å². The van der Waals surface area contributed by atoms with Crippen LogP contribution in [0.15, 0.2) is 29.4 Å². The van der Waals surface area contributed by atoms with Crippen molar-refractivity contribution >= 4 is 12.0 Å². The smallest absolute Gasteiger partial charge is 0.129 e. The van der Waals surface area contributed by atoms with Gasteiger partial charge in [-0.25, -0.2) is 5.84 Å². The third-order valence-electron chi connectivity index (χ3n) is 1.83. The highest BCUT2D eigenvalue weighted by molar-refractivity contribution is 5.77. The second-order valence-corrected chi connectivity index (χ2v) is 2.81. The fourth-order valence-electron chi connectivity index (χ4n) is 1.10. The summed E-state index contributed by atoms with van der Waals surface area (Å²) in [4.78, 5) is 0. The van der Waals surface area contributed by atoms with Crippen LogP contribution in [0.4, 0.5) is 5.69 Å². The number of aliphatic hydroxyl groups excluding tert-OH is 1. The average Bonchev–Trinajstić information content (AvgIpc) is 2.20. The lowest BCUT2D eigenvalue weighted by molar-refractivity contribution is 0.299. The van der Waals surface area contributed by atoms with Gasteiger partial charge in [0.1, 0.15) is 6.34 Å². The standard InChI is InChI=1S/C9H14N4O/c10-12-7-13(11)9-3-1-8(2-4-9)5-6-14/h1-4,7,14H,5-6,10-11H2/b12-7-. The average molecular weight is 194 g/mol. The molecule has 0 aliphatic heterocycles. The van der Waals surface area contributed by atoms with Crippen LogP contribution >= 0.6 is 0 Å². The molecule has 0 radical (unpaired) electrons. The number of benzene rings is 1. The van der Waals surface area contributed by atoms with Gasteiger partial charge in [0.25, 0.3) is 0 Å². The predicted molar refractivity (Wildman–Crippen MR) is 56.6 cm³/mol. The molecule has 0 amide bonds. The van der Waals surface area contributed by atoms with Crippen molar-refractivity contribution in [2.24, 2.45) is 16.8 Å². The monoisotopic (exact) mass is 194 g/mol. The van der Waals surface area contributed by atoms with Gasteiger partial charge in [0.2, 0.25) is 0 Å². The highest BCUT2D eigenvalue weighted by Crippen LogP contribution is 2.11. The molecule has 1 rings (SSSR count). The Morgan fingerprint density at radius 3 is 2.50 bits per heavy atom. The van der Waals surface area contributed by atoms with Gasteiger partial charge in [0.05, 0.1) is 5.69 Å². The molecule has 0 saturated heterocycles. The number of nitrogens with two attached hydrogens (primary N) is 2. The predicted octanol–water partition coefficient (Wildman–Crippen LogP) is -0.197. The fraction of sp³-hybridized carbons (Fsp3) is 0.222. The van der Waals surface area contributed by atoms with E-state index in [4.69, 9.17) is 16.8 Å². The van der Waals surface area contributed by atoms with Crippen molar-refractivity contribution in [3.8, 4) is 0 Å². The molecule has 76 valence electrons. The number of hydrogen-bond donors (Lipinski definition) is 3. The highest BCUT2D eigenvalue weighted by atomic mass is 16.2. The number of hydrazine groups is 1. The van der Waals surface area contributed by atoms with Crippen LogP contribution in [0.3, 0.4) is 0 Å². The van der Waals surface area contributed by atoms with Crippen molar-refractivity contribution in [1.29, 1.82) is 0 Å². The normalized spacial score (nSPS) is 10.7. The van der Waals surface area contributed by atoms with E-state index in [1.54, 1.807) is 0 Å². The lowest BCUT2D eigenvalue weighted by Crippen LogP contribution is -2.29. The highest BCUT2D eigenvalue weighted by Gasteiger charge is 1.97. The third-order valence-corrected chi connectivity index (χ3v) is 1.83. The minimum Gasteiger partial charge on any atom is -0.396 e. The van der Waals surface area contributed by atoms with Gasteiger partial charge in [0.15, 0.2) is 0 Å². The summed E-state index contributed by atoms with van der Waals surface area (Å²) < 4.78 is 0. The second-order valence-electron chi connectivity index (χ2n) is 2.81. The summed E-state index contributed by atoms with van der Waals surface area (Å²) in [7, 11) is 0. The van der Waals surface area contributed by atoms with Gasteiger partial charge in [-0.3, -0.25) is 5.01 Å². The van der Waals surface area contributed by atoms with Crippen molar-refractivity contribution in [1.82, 2.24) is 0 Å². The fourth-order valence-corrected chi connectivity index (χ4v) is 1.10. The summed E-state index contributed by atoms with van der Waals surface area (Å²) in [5, 5.41) is 13.3. The van der Waals surface area contributed by atoms with Crippen molar-refractivity contribution in [3.05, 3.63) is 29.8 Å². The van der Waals surface area contributed by atoms with E-state index in [2.05, 4.69) is 5.10 Å². The first-order valence-corrected chi connectivity index (χ1v) is 4.25. The Morgan fingerprint density at radius 1 is 1.36 bits per heavy atom. The van der Waals surface area contributed by atoms with Crippen LogP contribution in [0.25, 0.3) is 0 Å². The van der Waals surface area contributed by atoms with E-state index in [1.807, 2.05) is 24.3 Å². The minimum atomic E-state index is 0.149. The van der Waals surface area contributed by atoms with Crippen LogP contribution in [0, 0.1) is 0 Å². The Labute approximate surface area is 82.6 Å². The SMILES string of the molecule is N/N=C\N(N)c1ccc(CCO)cc1. The van der Waals surface area contributed by atoms with Gasteiger partial charge in [0, 0.05) is 6.61 Å². The van der Waals surface area contributed by atoms with Gasteiger partial charge >= 0.3 is 0 Å². The molecule has 14 heavy (non-hydrogen) atoms. The van der Waals surface area contributed by atoms with Gasteiger partial charge < -0.3 is 10.9 Å². The molecule has 0 unspecified atom stereocenters. The summed E-state index contributed by atoms with van der Waals surface area (Å²) in [5.41, 5.74) is 1.86. The number of nitrogens with zero attached hydrogens (tertiary/aromatic N) is 2. The zero-order chi connectivity index (χ0) is 10.4. The molecule has 0 aliphatic carbocycles. The Kier molecular flexibility index (Phi) is 3.90. The van der Waals surface area contributed by atoms with E-state index in [0.29, 0.717) is 6.42 Å². The summed E-state index contributed by atoms with van der Waals surface area (Å²) in [5.74, 6) is 10.5.